The number of ether oxygens (including phenoxy) is 1. The molecule has 2 aliphatic rings. The van der Waals surface area contributed by atoms with Crippen molar-refractivity contribution in [2.45, 2.75) is 51.5 Å². The lowest BCUT2D eigenvalue weighted by Gasteiger charge is -2.29. The van der Waals surface area contributed by atoms with E-state index in [0.717, 1.165) is 18.9 Å². The third kappa shape index (κ3) is 3.70. The third-order valence-electron chi connectivity index (χ3n) is 4.12. The number of hydrogen-bond donors (Lipinski definition) is 0. The van der Waals surface area contributed by atoms with Crippen molar-refractivity contribution in [1.29, 1.82) is 0 Å². The van der Waals surface area contributed by atoms with Gasteiger partial charge in [0, 0.05) is 26.1 Å². The fraction of sp³-hybridized carbons (Fsp3) is 0.929. The van der Waals surface area contributed by atoms with E-state index in [4.69, 9.17) is 4.74 Å². The molecular weight excluding hydrogens is 214 g/mol. The Labute approximate surface area is 105 Å². The molecule has 2 rings (SSSR count). The van der Waals surface area contributed by atoms with Gasteiger partial charge in [-0.1, -0.05) is 6.92 Å². The predicted octanol–water partition coefficient (Wildman–Crippen LogP) is 2.45. The minimum absolute atomic E-state index is 0.364. The summed E-state index contributed by atoms with van der Waals surface area (Å²) in [6, 6.07) is 0.478. The monoisotopic (exact) mass is 239 g/mol. The first-order chi connectivity index (χ1) is 8.20. The van der Waals surface area contributed by atoms with Crippen LogP contribution in [0.25, 0.3) is 0 Å². The maximum absolute atomic E-state index is 12.3. The minimum Gasteiger partial charge on any atom is -0.383 e. The molecule has 0 unspecified atom stereocenters. The van der Waals surface area contributed by atoms with Crippen LogP contribution in [0.5, 0.6) is 0 Å². The van der Waals surface area contributed by atoms with Gasteiger partial charge >= 0.3 is 0 Å². The number of hydrogen-bond acceptors (Lipinski definition) is 2. The normalized spacial score (nSPS) is 28.4. The Kier molecular flexibility index (Phi) is 4.43. The molecule has 0 bridgehead atoms. The highest BCUT2D eigenvalue weighted by atomic mass is 16.5. The highest BCUT2D eigenvalue weighted by molar-refractivity contribution is 5.77. The minimum atomic E-state index is 0.364. The lowest BCUT2D eigenvalue weighted by Crippen LogP contribution is -2.41. The molecule has 0 radical (unpaired) electrons. The van der Waals surface area contributed by atoms with Crippen LogP contribution in [0.4, 0.5) is 0 Å². The van der Waals surface area contributed by atoms with E-state index in [2.05, 4.69) is 11.8 Å². The van der Waals surface area contributed by atoms with Gasteiger partial charge in [-0.15, -0.1) is 0 Å². The Morgan fingerprint density at radius 1 is 1.29 bits per heavy atom. The molecule has 0 saturated heterocycles. The van der Waals surface area contributed by atoms with E-state index in [9.17, 15) is 4.79 Å². The van der Waals surface area contributed by atoms with Gasteiger partial charge in [0.25, 0.3) is 0 Å². The van der Waals surface area contributed by atoms with Crippen molar-refractivity contribution in [3.8, 4) is 0 Å². The number of rotatable bonds is 6. The fourth-order valence-corrected chi connectivity index (χ4v) is 2.85. The lowest BCUT2D eigenvalue weighted by atomic mass is 10.1. The summed E-state index contributed by atoms with van der Waals surface area (Å²) >= 11 is 0. The van der Waals surface area contributed by atoms with Gasteiger partial charge in [0.05, 0.1) is 6.61 Å². The number of nitrogens with zero attached hydrogens (tertiary/aromatic N) is 1. The largest absolute Gasteiger partial charge is 0.383 e. The van der Waals surface area contributed by atoms with Gasteiger partial charge in [0.1, 0.15) is 0 Å². The van der Waals surface area contributed by atoms with Gasteiger partial charge < -0.3 is 9.64 Å². The van der Waals surface area contributed by atoms with Crippen LogP contribution in [0.2, 0.25) is 0 Å². The first kappa shape index (κ1) is 12.9. The quantitative estimate of drug-likeness (QED) is 0.712. The second-order valence-electron chi connectivity index (χ2n) is 5.80. The number of amides is 1. The molecule has 2 fully saturated rings. The Bertz CT molecular complexity index is 263. The zero-order valence-electron chi connectivity index (χ0n) is 11.2. The van der Waals surface area contributed by atoms with Gasteiger partial charge in [0.15, 0.2) is 0 Å². The summed E-state index contributed by atoms with van der Waals surface area (Å²) < 4.78 is 5.14. The Morgan fingerprint density at radius 3 is 2.59 bits per heavy atom. The van der Waals surface area contributed by atoms with Crippen LogP contribution in [0.15, 0.2) is 0 Å². The average molecular weight is 239 g/mol. The number of carbonyl (C=O) groups is 1. The van der Waals surface area contributed by atoms with E-state index in [0.29, 0.717) is 24.5 Å². The second-order valence-corrected chi connectivity index (χ2v) is 5.80. The molecule has 0 N–H and O–H groups in total. The smallest absolute Gasteiger partial charge is 0.223 e. The molecule has 0 aliphatic heterocycles. The van der Waals surface area contributed by atoms with Crippen LogP contribution in [0.1, 0.15) is 45.4 Å². The molecular formula is C14H25NO2. The highest BCUT2D eigenvalue weighted by Gasteiger charge is 2.32. The predicted molar refractivity (Wildman–Crippen MR) is 67.7 cm³/mol. The second kappa shape index (κ2) is 5.85. The zero-order chi connectivity index (χ0) is 12.3. The summed E-state index contributed by atoms with van der Waals surface area (Å²) in [5, 5.41) is 0. The maximum atomic E-state index is 12.3. The van der Waals surface area contributed by atoms with Crippen LogP contribution in [-0.4, -0.2) is 37.1 Å². The van der Waals surface area contributed by atoms with Crippen molar-refractivity contribution in [2.24, 2.45) is 11.8 Å². The van der Waals surface area contributed by atoms with Gasteiger partial charge in [-0.3, -0.25) is 4.79 Å². The van der Waals surface area contributed by atoms with E-state index in [1.165, 1.54) is 32.1 Å². The maximum Gasteiger partial charge on any atom is 0.223 e. The van der Waals surface area contributed by atoms with Crippen molar-refractivity contribution in [3.63, 3.8) is 0 Å². The molecule has 98 valence electrons. The number of methoxy groups -OCH3 is 1. The fourth-order valence-electron chi connectivity index (χ4n) is 2.85. The van der Waals surface area contributed by atoms with Gasteiger partial charge in [-0.2, -0.15) is 0 Å². The van der Waals surface area contributed by atoms with Crippen molar-refractivity contribution in [3.05, 3.63) is 0 Å². The summed E-state index contributed by atoms with van der Waals surface area (Å²) in [6.45, 7) is 3.74. The topological polar surface area (TPSA) is 29.5 Å². The molecule has 0 heterocycles. The molecule has 17 heavy (non-hydrogen) atoms. The van der Waals surface area contributed by atoms with Crippen LogP contribution < -0.4 is 0 Å². The molecule has 3 heteroatoms. The van der Waals surface area contributed by atoms with Crippen LogP contribution in [0.3, 0.4) is 0 Å². The standard InChI is InChI=1S/C14H25NO2/c1-11-3-6-13(9-11)15(7-8-17-2)14(16)10-12-4-5-12/h11-13H,3-10H2,1-2H3/t11-,13+/m0/s1. The van der Waals surface area contributed by atoms with Gasteiger partial charge in [0.2, 0.25) is 5.91 Å². The Balaban J connectivity index is 1.88. The molecule has 2 saturated carbocycles. The highest BCUT2D eigenvalue weighted by Crippen LogP contribution is 2.35. The van der Waals surface area contributed by atoms with Gasteiger partial charge in [-0.05, 0) is 43.9 Å². The summed E-state index contributed by atoms with van der Waals surface area (Å²) in [4.78, 5) is 14.4. The Hall–Kier alpha value is -0.570. The molecule has 2 atom stereocenters. The van der Waals surface area contributed by atoms with E-state index in [1.807, 2.05) is 0 Å². The first-order valence-corrected chi connectivity index (χ1v) is 6.99. The van der Waals surface area contributed by atoms with Gasteiger partial charge in [-0.25, -0.2) is 0 Å². The SMILES string of the molecule is COCCN(C(=O)CC1CC1)[C@@H]1CC[C@H](C)C1. The molecule has 0 aromatic rings. The first-order valence-electron chi connectivity index (χ1n) is 6.99. The Morgan fingerprint density at radius 2 is 2.06 bits per heavy atom. The molecule has 1 amide bonds. The number of carbonyl (C=O) groups excluding carboxylic acids is 1. The molecule has 0 spiro atoms. The van der Waals surface area contributed by atoms with Crippen molar-refractivity contribution in [2.75, 3.05) is 20.3 Å². The molecule has 0 aromatic heterocycles. The van der Waals surface area contributed by atoms with Crippen molar-refractivity contribution in [1.82, 2.24) is 4.90 Å². The third-order valence-corrected chi connectivity index (χ3v) is 4.12. The molecule has 0 aromatic carbocycles. The van der Waals surface area contributed by atoms with E-state index in [-0.39, 0.29) is 0 Å². The average Bonchev–Trinajstić information content (AvgIpc) is 3.00. The summed E-state index contributed by atoms with van der Waals surface area (Å²) in [6.07, 6.45) is 6.91. The molecule has 3 nitrogen and oxygen atoms in total. The van der Waals surface area contributed by atoms with E-state index >= 15 is 0 Å². The lowest BCUT2D eigenvalue weighted by molar-refractivity contribution is -0.134. The van der Waals surface area contributed by atoms with Crippen LogP contribution >= 0.6 is 0 Å². The van der Waals surface area contributed by atoms with Crippen LogP contribution in [0, 0.1) is 11.8 Å². The van der Waals surface area contributed by atoms with Crippen LogP contribution in [-0.2, 0) is 9.53 Å². The molecule has 2 aliphatic carbocycles. The van der Waals surface area contributed by atoms with E-state index in [1.54, 1.807) is 7.11 Å². The van der Waals surface area contributed by atoms with E-state index < -0.39 is 0 Å². The summed E-state index contributed by atoms with van der Waals surface area (Å²) in [5.41, 5.74) is 0. The van der Waals surface area contributed by atoms with Crippen molar-refractivity contribution < 1.29 is 9.53 Å². The summed E-state index contributed by atoms with van der Waals surface area (Å²) in [7, 11) is 1.71. The van der Waals surface area contributed by atoms with Crippen molar-refractivity contribution >= 4 is 5.91 Å². The zero-order valence-corrected chi connectivity index (χ0v) is 11.2. The summed E-state index contributed by atoms with van der Waals surface area (Å²) in [5.74, 6) is 1.83.